The third kappa shape index (κ3) is 3.79. The van der Waals surface area contributed by atoms with Crippen LogP contribution in [0.3, 0.4) is 0 Å². The zero-order chi connectivity index (χ0) is 16.8. The van der Waals surface area contributed by atoms with Crippen molar-refractivity contribution in [3.8, 4) is 11.5 Å². The molecule has 0 aliphatic heterocycles. The molecule has 120 valence electrons. The van der Waals surface area contributed by atoms with E-state index in [1.807, 2.05) is 19.1 Å². The number of nitrogens with one attached hydrogen (secondary N) is 2. The molecule has 6 nitrogen and oxygen atoms in total. The van der Waals surface area contributed by atoms with Crippen LogP contribution >= 0.6 is 0 Å². The van der Waals surface area contributed by atoms with Crippen LogP contribution in [0.25, 0.3) is 0 Å². The van der Waals surface area contributed by atoms with Crippen molar-refractivity contribution in [1.82, 2.24) is 10.9 Å². The molecule has 6 heteroatoms. The van der Waals surface area contributed by atoms with Gasteiger partial charge in [-0.25, -0.2) is 0 Å². The minimum atomic E-state index is -0.480. The van der Waals surface area contributed by atoms with Gasteiger partial charge >= 0.3 is 0 Å². The van der Waals surface area contributed by atoms with Crippen LogP contribution in [-0.4, -0.2) is 26.0 Å². The van der Waals surface area contributed by atoms with E-state index in [4.69, 9.17) is 9.47 Å². The van der Waals surface area contributed by atoms with Crippen LogP contribution in [0.15, 0.2) is 42.5 Å². The zero-order valence-corrected chi connectivity index (χ0v) is 13.2. The fourth-order valence-electron chi connectivity index (χ4n) is 2.06. The minimum absolute atomic E-state index is 0.290. The summed E-state index contributed by atoms with van der Waals surface area (Å²) in [5.41, 5.74) is 6.38. The second-order valence-electron chi connectivity index (χ2n) is 4.79. The lowest BCUT2D eigenvalue weighted by Crippen LogP contribution is -2.42. The van der Waals surface area contributed by atoms with Gasteiger partial charge in [0.1, 0.15) is 11.5 Å². The van der Waals surface area contributed by atoms with Gasteiger partial charge in [0.05, 0.1) is 19.8 Å². The Morgan fingerprint density at radius 2 is 1.52 bits per heavy atom. The number of benzene rings is 2. The van der Waals surface area contributed by atoms with Crippen molar-refractivity contribution in [3.63, 3.8) is 0 Å². The Balaban J connectivity index is 2.08. The molecule has 0 atom stereocenters. The van der Waals surface area contributed by atoms with E-state index in [1.54, 1.807) is 30.3 Å². The molecule has 2 amide bonds. The number of rotatable bonds is 4. The second-order valence-corrected chi connectivity index (χ2v) is 4.79. The quantitative estimate of drug-likeness (QED) is 0.847. The minimum Gasteiger partial charge on any atom is -0.497 e. The van der Waals surface area contributed by atoms with Crippen LogP contribution in [-0.2, 0) is 0 Å². The Kier molecular flexibility index (Phi) is 5.19. The second kappa shape index (κ2) is 7.31. The third-order valence-electron chi connectivity index (χ3n) is 3.33. The summed E-state index contributed by atoms with van der Waals surface area (Å²) in [7, 11) is 2.98. The van der Waals surface area contributed by atoms with Crippen molar-refractivity contribution < 1.29 is 19.1 Å². The number of hydrogen-bond donors (Lipinski definition) is 2. The highest BCUT2D eigenvalue weighted by atomic mass is 16.5. The molecule has 2 rings (SSSR count). The normalized spacial score (nSPS) is 9.87. The largest absolute Gasteiger partial charge is 0.497 e. The predicted octanol–water partition coefficient (Wildman–Crippen LogP) is 2.09. The topological polar surface area (TPSA) is 76.7 Å². The fraction of sp³-hybridized carbons (Fsp3) is 0.176. The number of aryl methyl sites for hydroxylation is 1. The van der Waals surface area contributed by atoms with Gasteiger partial charge in [-0.05, 0) is 30.7 Å². The van der Waals surface area contributed by atoms with Gasteiger partial charge in [0.2, 0.25) is 0 Å². The molecule has 0 aliphatic carbocycles. The van der Waals surface area contributed by atoms with Gasteiger partial charge < -0.3 is 9.47 Å². The molecule has 0 unspecified atom stereocenters. The summed E-state index contributed by atoms with van der Waals surface area (Å²) < 4.78 is 10.2. The lowest BCUT2D eigenvalue weighted by Gasteiger charge is -2.12. The monoisotopic (exact) mass is 314 g/mol. The molecule has 2 aromatic rings. The third-order valence-corrected chi connectivity index (χ3v) is 3.33. The van der Waals surface area contributed by atoms with E-state index >= 15 is 0 Å². The molecule has 0 spiro atoms. The van der Waals surface area contributed by atoms with E-state index in [2.05, 4.69) is 10.9 Å². The number of hydrogen-bond acceptors (Lipinski definition) is 4. The summed E-state index contributed by atoms with van der Waals surface area (Å²) >= 11 is 0. The molecule has 0 saturated heterocycles. The molecule has 23 heavy (non-hydrogen) atoms. The van der Waals surface area contributed by atoms with Crippen LogP contribution in [0.4, 0.5) is 0 Å². The molecule has 2 aromatic carbocycles. The summed E-state index contributed by atoms with van der Waals surface area (Å²) in [6.45, 7) is 1.82. The van der Waals surface area contributed by atoms with Gasteiger partial charge in [0, 0.05) is 11.6 Å². The van der Waals surface area contributed by atoms with Gasteiger partial charge in [0.15, 0.2) is 0 Å². The fourth-order valence-corrected chi connectivity index (χ4v) is 2.06. The van der Waals surface area contributed by atoms with Crippen LogP contribution in [0.1, 0.15) is 26.3 Å². The van der Waals surface area contributed by atoms with E-state index in [9.17, 15) is 9.59 Å². The zero-order valence-electron chi connectivity index (χ0n) is 13.2. The maximum absolute atomic E-state index is 12.2. The highest BCUT2D eigenvalue weighted by Gasteiger charge is 2.15. The van der Waals surface area contributed by atoms with Crippen LogP contribution in [0, 0.1) is 6.92 Å². The van der Waals surface area contributed by atoms with E-state index in [1.165, 1.54) is 14.2 Å². The summed E-state index contributed by atoms with van der Waals surface area (Å²) in [5, 5.41) is 0. The Labute approximate surface area is 134 Å². The molecule has 0 fully saturated rings. The average molecular weight is 314 g/mol. The van der Waals surface area contributed by atoms with Gasteiger partial charge in [-0.2, -0.15) is 0 Å². The number of carbonyl (C=O) groups excluding carboxylic acids is 2. The van der Waals surface area contributed by atoms with Crippen molar-refractivity contribution >= 4 is 11.8 Å². The standard InChI is InChI=1S/C17H18N2O4/c1-11-6-4-5-7-13(11)16(20)18-19-17(21)14-9-8-12(22-2)10-15(14)23-3/h4-10H,1-3H3,(H,18,20)(H,19,21). The van der Waals surface area contributed by atoms with Gasteiger partial charge in [-0.3, -0.25) is 20.4 Å². The van der Waals surface area contributed by atoms with Crippen molar-refractivity contribution in [3.05, 3.63) is 59.2 Å². The number of hydrazine groups is 1. The number of carbonyl (C=O) groups is 2. The van der Waals surface area contributed by atoms with Gasteiger partial charge in [0.25, 0.3) is 11.8 Å². The first-order chi connectivity index (χ1) is 11.1. The first kappa shape index (κ1) is 16.4. The molecule has 0 aliphatic rings. The maximum atomic E-state index is 12.2. The Bertz CT molecular complexity index is 728. The molecule has 0 heterocycles. The molecule has 0 aromatic heterocycles. The Morgan fingerprint density at radius 3 is 2.13 bits per heavy atom. The molecule has 0 bridgehead atoms. The Morgan fingerprint density at radius 1 is 0.870 bits per heavy atom. The first-order valence-corrected chi connectivity index (χ1v) is 6.95. The summed E-state index contributed by atoms with van der Waals surface area (Å²) in [6.07, 6.45) is 0. The number of methoxy groups -OCH3 is 2. The smallest absolute Gasteiger partial charge is 0.273 e. The van der Waals surface area contributed by atoms with Crippen LogP contribution < -0.4 is 20.3 Å². The maximum Gasteiger partial charge on any atom is 0.273 e. The first-order valence-electron chi connectivity index (χ1n) is 6.95. The van der Waals surface area contributed by atoms with Crippen LogP contribution in [0.5, 0.6) is 11.5 Å². The van der Waals surface area contributed by atoms with E-state index in [0.29, 0.717) is 22.6 Å². The van der Waals surface area contributed by atoms with Crippen LogP contribution in [0.2, 0.25) is 0 Å². The van der Waals surface area contributed by atoms with Gasteiger partial charge in [-0.1, -0.05) is 18.2 Å². The highest BCUT2D eigenvalue weighted by Crippen LogP contribution is 2.24. The highest BCUT2D eigenvalue weighted by molar-refractivity contribution is 6.01. The Hall–Kier alpha value is -3.02. The van der Waals surface area contributed by atoms with Crippen molar-refractivity contribution in [2.24, 2.45) is 0 Å². The summed E-state index contributed by atoms with van der Waals surface area (Å²) in [5.74, 6) is 0.0599. The average Bonchev–Trinajstić information content (AvgIpc) is 2.59. The summed E-state index contributed by atoms with van der Waals surface area (Å²) in [4.78, 5) is 24.3. The molecule has 0 radical (unpaired) electrons. The van der Waals surface area contributed by atoms with E-state index in [0.717, 1.165) is 5.56 Å². The number of ether oxygens (including phenoxy) is 2. The van der Waals surface area contributed by atoms with Crippen molar-refractivity contribution in [2.45, 2.75) is 6.92 Å². The van der Waals surface area contributed by atoms with E-state index in [-0.39, 0.29) is 5.91 Å². The van der Waals surface area contributed by atoms with E-state index < -0.39 is 5.91 Å². The van der Waals surface area contributed by atoms with Gasteiger partial charge in [-0.15, -0.1) is 0 Å². The predicted molar refractivity (Wildman–Crippen MR) is 85.7 cm³/mol. The lowest BCUT2D eigenvalue weighted by atomic mass is 10.1. The van der Waals surface area contributed by atoms with Crippen molar-refractivity contribution in [2.75, 3.05) is 14.2 Å². The lowest BCUT2D eigenvalue weighted by molar-refractivity contribution is 0.0844. The molecule has 0 saturated carbocycles. The summed E-state index contributed by atoms with van der Waals surface area (Å²) in [6, 6.07) is 11.9. The number of amides is 2. The SMILES string of the molecule is COc1ccc(C(=O)NNC(=O)c2ccccc2C)c(OC)c1. The molecular weight excluding hydrogens is 296 g/mol. The van der Waals surface area contributed by atoms with Crippen molar-refractivity contribution in [1.29, 1.82) is 0 Å². The molecular formula is C17H18N2O4. The molecule has 2 N–H and O–H groups in total.